The summed E-state index contributed by atoms with van der Waals surface area (Å²) < 4.78 is 13.3. The maximum atomic E-state index is 12.8. The lowest BCUT2D eigenvalue weighted by molar-refractivity contribution is -0.148. The Morgan fingerprint density at radius 1 is 1.42 bits per heavy atom. The molecule has 3 rings (SSSR count). The molecule has 3 atom stereocenters. The number of rotatable bonds is 6. The zero-order chi connectivity index (χ0) is 16.9. The first-order chi connectivity index (χ1) is 11.6. The summed E-state index contributed by atoms with van der Waals surface area (Å²) in [7, 11) is 0. The number of carbonyl (C=O) groups is 1. The Bertz CT molecular complexity index is 539. The maximum absolute atomic E-state index is 12.8. The Hall–Kier alpha value is -1.40. The molecule has 0 aliphatic carbocycles. The molecule has 2 fully saturated rings. The van der Waals surface area contributed by atoms with E-state index in [9.17, 15) is 4.79 Å². The molecule has 0 bridgehead atoms. The molecule has 0 aromatic carbocycles. The number of hydrogen-bond donors (Lipinski definition) is 0. The molecular weight excluding hydrogens is 306 g/mol. The van der Waals surface area contributed by atoms with Crippen molar-refractivity contribution in [2.75, 3.05) is 19.8 Å². The Morgan fingerprint density at radius 2 is 2.29 bits per heavy atom. The number of aryl methyl sites for hydroxylation is 1. The molecule has 3 unspecified atom stereocenters. The molecule has 3 heterocycles. The van der Waals surface area contributed by atoms with Gasteiger partial charge in [-0.2, -0.15) is 5.10 Å². The second kappa shape index (κ2) is 8.12. The summed E-state index contributed by atoms with van der Waals surface area (Å²) in [6, 6.07) is 0.208. The molecule has 2 aliphatic rings. The number of amides is 1. The van der Waals surface area contributed by atoms with Crippen LogP contribution in [0, 0.1) is 6.92 Å². The minimum atomic E-state index is -0.408. The van der Waals surface area contributed by atoms with Crippen LogP contribution in [0.1, 0.15) is 44.6 Å². The average Bonchev–Trinajstić information content (AvgIpc) is 3.24. The van der Waals surface area contributed by atoms with Crippen molar-refractivity contribution in [3.63, 3.8) is 0 Å². The molecule has 0 saturated carbocycles. The smallest absolute Gasteiger partial charge is 0.251 e. The second-order valence-corrected chi connectivity index (χ2v) is 7.03. The number of carbonyl (C=O) groups excluding carboxylic acids is 1. The predicted molar refractivity (Wildman–Crippen MR) is 90.7 cm³/mol. The van der Waals surface area contributed by atoms with Gasteiger partial charge in [-0.25, -0.2) is 0 Å². The van der Waals surface area contributed by atoms with Crippen molar-refractivity contribution in [2.24, 2.45) is 0 Å². The largest absolute Gasteiger partial charge is 0.376 e. The van der Waals surface area contributed by atoms with E-state index in [4.69, 9.17) is 9.47 Å². The average molecular weight is 335 g/mol. The summed E-state index contributed by atoms with van der Waals surface area (Å²) in [4.78, 5) is 14.8. The van der Waals surface area contributed by atoms with E-state index in [0.717, 1.165) is 50.9 Å². The Labute approximate surface area is 144 Å². The number of ether oxygens (including phenoxy) is 2. The van der Waals surface area contributed by atoms with Crippen molar-refractivity contribution in [1.82, 2.24) is 14.7 Å². The van der Waals surface area contributed by atoms with E-state index in [-0.39, 0.29) is 18.1 Å². The van der Waals surface area contributed by atoms with Crippen molar-refractivity contribution in [3.8, 4) is 0 Å². The Morgan fingerprint density at radius 3 is 3.00 bits per heavy atom. The molecule has 134 valence electrons. The molecule has 1 amide bonds. The fourth-order valence-corrected chi connectivity index (χ4v) is 3.60. The summed E-state index contributed by atoms with van der Waals surface area (Å²) in [6.07, 6.45) is 9.04. The molecule has 24 heavy (non-hydrogen) atoms. The second-order valence-electron chi connectivity index (χ2n) is 7.03. The monoisotopic (exact) mass is 335 g/mol. The van der Waals surface area contributed by atoms with E-state index >= 15 is 0 Å². The van der Waals surface area contributed by atoms with Gasteiger partial charge < -0.3 is 14.4 Å². The highest BCUT2D eigenvalue weighted by Crippen LogP contribution is 2.21. The highest BCUT2D eigenvalue weighted by Gasteiger charge is 2.31. The first-order valence-corrected chi connectivity index (χ1v) is 9.16. The van der Waals surface area contributed by atoms with Crippen molar-refractivity contribution >= 4 is 5.91 Å². The van der Waals surface area contributed by atoms with E-state index in [1.54, 1.807) is 0 Å². The lowest BCUT2D eigenvalue weighted by Crippen LogP contribution is -2.50. The van der Waals surface area contributed by atoms with Gasteiger partial charge in [0.15, 0.2) is 0 Å². The fourth-order valence-electron chi connectivity index (χ4n) is 3.60. The summed E-state index contributed by atoms with van der Waals surface area (Å²) in [5.41, 5.74) is 1.15. The van der Waals surface area contributed by atoms with Crippen molar-refractivity contribution in [2.45, 2.75) is 70.7 Å². The van der Waals surface area contributed by atoms with Crippen molar-refractivity contribution in [1.29, 1.82) is 0 Å². The van der Waals surface area contributed by atoms with Gasteiger partial charge in [-0.3, -0.25) is 9.48 Å². The first kappa shape index (κ1) is 17.4. The molecule has 1 aromatic rings. The molecule has 0 radical (unpaired) electrons. The molecule has 2 saturated heterocycles. The van der Waals surface area contributed by atoms with Gasteiger partial charge in [0, 0.05) is 19.3 Å². The van der Waals surface area contributed by atoms with Crippen LogP contribution in [-0.4, -0.2) is 58.6 Å². The standard InChI is InChI=1S/C18H29N3O3/c1-14-10-19-20(11-14)12-16-6-3-4-8-21(16)18(22)15(2)24-13-17-7-5-9-23-17/h10-11,15-17H,3-9,12-13H2,1-2H3. The van der Waals surface area contributed by atoms with Gasteiger partial charge in [0.25, 0.3) is 5.91 Å². The van der Waals surface area contributed by atoms with Crippen molar-refractivity contribution in [3.05, 3.63) is 18.0 Å². The van der Waals surface area contributed by atoms with E-state index in [1.165, 1.54) is 6.42 Å². The summed E-state index contributed by atoms with van der Waals surface area (Å²) >= 11 is 0. The molecular formula is C18H29N3O3. The quantitative estimate of drug-likeness (QED) is 0.799. The molecule has 6 nitrogen and oxygen atoms in total. The highest BCUT2D eigenvalue weighted by atomic mass is 16.5. The molecule has 0 N–H and O–H groups in total. The van der Waals surface area contributed by atoms with Gasteiger partial charge in [0.1, 0.15) is 6.10 Å². The molecule has 0 spiro atoms. The number of aromatic nitrogens is 2. The lowest BCUT2D eigenvalue weighted by Gasteiger charge is -2.37. The molecule has 2 aliphatic heterocycles. The van der Waals surface area contributed by atoms with E-state index in [0.29, 0.717) is 6.61 Å². The van der Waals surface area contributed by atoms with E-state index < -0.39 is 6.10 Å². The van der Waals surface area contributed by atoms with Gasteiger partial charge in [-0.15, -0.1) is 0 Å². The van der Waals surface area contributed by atoms with Crippen LogP contribution < -0.4 is 0 Å². The Balaban J connectivity index is 1.55. The van der Waals surface area contributed by atoms with E-state index in [2.05, 4.69) is 5.10 Å². The third-order valence-electron chi connectivity index (χ3n) is 4.97. The summed E-state index contributed by atoms with van der Waals surface area (Å²) in [6.45, 7) is 6.81. The predicted octanol–water partition coefficient (Wildman–Crippen LogP) is 2.16. The number of nitrogens with zero attached hydrogens (tertiary/aromatic N) is 3. The normalized spacial score (nSPS) is 25.8. The lowest BCUT2D eigenvalue weighted by atomic mass is 10.0. The van der Waals surface area contributed by atoms with Gasteiger partial charge >= 0.3 is 0 Å². The van der Waals surface area contributed by atoms with Gasteiger partial charge in [-0.1, -0.05) is 0 Å². The van der Waals surface area contributed by atoms with Gasteiger partial charge in [0.05, 0.1) is 31.5 Å². The highest BCUT2D eigenvalue weighted by molar-refractivity contribution is 5.81. The van der Waals surface area contributed by atoms with E-state index in [1.807, 2.05) is 35.8 Å². The first-order valence-electron chi connectivity index (χ1n) is 9.16. The zero-order valence-corrected chi connectivity index (χ0v) is 14.8. The minimum Gasteiger partial charge on any atom is -0.376 e. The van der Waals surface area contributed by atoms with Crippen LogP contribution in [0.25, 0.3) is 0 Å². The van der Waals surface area contributed by atoms with Crippen LogP contribution in [-0.2, 0) is 20.8 Å². The number of hydrogen-bond acceptors (Lipinski definition) is 4. The number of likely N-dealkylation sites (tertiary alicyclic amines) is 1. The SMILES string of the molecule is Cc1cnn(CC2CCCCN2C(=O)C(C)OCC2CCCO2)c1. The molecule has 1 aromatic heterocycles. The van der Waals surface area contributed by atoms with Crippen LogP contribution >= 0.6 is 0 Å². The van der Waals surface area contributed by atoms with Gasteiger partial charge in [-0.05, 0) is 51.5 Å². The summed E-state index contributed by atoms with van der Waals surface area (Å²) in [5, 5.41) is 4.37. The number of piperidine rings is 1. The third-order valence-corrected chi connectivity index (χ3v) is 4.97. The van der Waals surface area contributed by atoms with Crippen LogP contribution in [0.4, 0.5) is 0 Å². The Kier molecular flexibility index (Phi) is 5.89. The van der Waals surface area contributed by atoms with Gasteiger partial charge in [0.2, 0.25) is 0 Å². The maximum Gasteiger partial charge on any atom is 0.251 e. The fraction of sp³-hybridized carbons (Fsp3) is 0.778. The van der Waals surface area contributed by atoms with Crippen molar-refractivity contribution < 1.29 is 14.3 Å². The zero-order valence-electron chi connectivity index (χ0n) is 14.8. The van der Waals surface area contributed by atoms with Crippen LogP contribution in [0.2, 0.25) is 0 Å². The molecule has 6 heteroatoms. The van der Waals surface area contributed by atoms with Crippen LogP contribution in [0.3, 0.4) is 0 Å². The topological polar surface area (TPSA) is 56.6 Å². The third kappa shape index (κ3) is 4.36. The van der Waals surface area contributed by atoms with Crippen LogP contribution in [0.5, 0.6) is 0 Å². The minimum absolute atomic E-state index is 0.0987. The summed E-state index contributed by atoms with van der Waals surface area (Å²) in [5.74, 6) is 0.0987. The van der Waals surface area contributed by atoms with Crippen LogP contribution in [0.15, 0.2) is 12.4 Å².